The molecule has 43 heavy (non-hydrogen) atoms. The predicted molar refractivity (Wildman–Crippen MR) is 162 cm³/mol. The lowest BCUT2D eigenvalue weighted by Gasteiger charge is -2.16. The van der Waals surface area contributed by atoms with Gasteiger partial charge < -0.3 is 16.4 Å². The Morgan fingerprint density at radius 2 is 1.88 bits per heavy atom. The SMILES string of the molecule is C=C(Nc1cc(CC(=O)Nc2cccc(F)c2)[nH]n1)c1ccc(-c2ccc(S(=O)(=O)N3CC[C@H](F)C3)cc2)cc1N=CN. The average molecular weight is 606 g/mol. The highest BCUT2D eigenvalue weighted by atomic mass is 32.2. The number of halogens is 2. The molecule has 4 aromatic rings. The number of aliphatic imine (C=N–C) groups is 1. The van der Waals surface area contributed by atoms with Crippen LogP contribution in [0.1, 0.15) is 17.7 Å². The molecule has 1 saturated heterocycles. The van der Waals surface area contributed by atoms with E-state index in [-0.39, 0.29) is 36.7 Å². The molecule has 0 saturated carbocycles. The first-order chi connectivity index (χ1) is 20.6. The molecule has 10 nitrogen and oxygen atoms in total. The van der Waals surface area contributed by atoms with Gasteiger partial charge >= 0.3 is 0 Å². The Labute approximate surface area is 247 Å². The van der Waals surface area contributed by atoms with E-state index in [1.807, 2.05) is 6.07 Å². The molecule has 1 aliphatic heterocycles. The lowest BCUT2D eigenvalue weighted by Crippen LogP contribution is -2.29. The number of nitrogens with one attached hydrogen (secondary N) is 3. The number of aromatic amines is 1. The van der Waals surface area contributed by atoms with E-state index in [1.54, 1.807) is 36.4 Å². The number of alkyl halides is 1. The number of amides is 1. The van der Waals surface area contributed by atoms with E-state index < -0.39 is 22.0 Å². The minimum absolute atomic E-state index is 0.0103. The number of rotatable bonds is 10. The van der Waals surface area contributed by atoms with E-state index in [0.717, 1.165) is 21.8 Å². The quantitative estimate of drug-likeness (QED) is 0.151. The van der Waals surface area contributed by atoms with Crippen LogP contribution in [0, 0.1) is 5.82 Å². The summed E-state index contributed by atoms with van der Waals surface area (Å²) in [5.74, 6) is -0.375. The summed E-state index contributed by atoms with van der Waals surface area (Å²) in [5.41, 5.74) is 9.60. The number of H-pyrrole nitrogens is 1. The number of sulfonamides is 1. The van der Waals surface area contributed by atoms with Crippen molar-refractivity contribution in [3.63, 3.8) is 0 Å². The number of hydrogen-bond acceptors (Lipinski definition) is 6. The lowest BCUT2D eigenvalue weighted by atomic mass is 10.0. The Morgan fingerprint density at radius 1 is 1.12 bits per heavy atom. The van der Waals surface area contributed by atoms with Gasteiger partial charge in [0, 0.05) is 41.8 Å². The van der Waals surface area contributed by atoms with Crippen molar-refractivity contribution in [1.82, 2.24) is 14.5 Å². The Kier molecular flexibility index (Phi) is 8.64. The second-order valence-corrected chi connectivity index (χ2v) is 11.8. The second kappa shape index (κ2) is 12.5. The molecule has 0 spiro atoms. The average Bonchev–Trinajstić information content (AvgIpc) is 3.62. The van der Waals surface area contributed by atoms with Crippen molar-refractivity contribution in [1.29, 1.82) is 0 Å². The molecule has 1 fully saturated rings. The third kappa shape index (κ3) is 6.96. The van der Waals surface area contributed by atoms with Crippen LogP contribution in [0.3, 0.4) is 0 Å². The summed E-state index contributed by atoms with van der Waals surface area (Å²) < 4.78 is 53.8. The molecular weight excluding hydrogens is 576 g/mol. The molecule has 222 valence electrons. The molecule has 5 N–H and O–H groups in total. The molecule has 0 aliphatic carbocycles. The first-order valence-electron chi connectivity index (χ1n) is 13.3. The van der Waals surface area contributed by atoms with Crippen LogP contribution in [-0.2, 0) is 21.2 Å². The summed E-state index contributed by atoms with van der Waals surface area (Å²) in [5, 5.41) is 12.7. The van der Waals surface area contributed by atoms with E-state index in [9.17, 15) is 22.0 Å². The lowest BCUT2D eigenvalue weighted by molar-refractivity contribution is -0.115. The summed E-state index contributed by atoms with van der Waals surface area (Å²) >= 11 is 0. The molecule has 0 radical (unpaired) electrons. The van der Waals surface area contributed by atoms with Crippen LogP contribution >= 0.6 is 0 Å². The molecule has 1 amide bonds. The van der Waals surface area contributed by atoms with Gasteiger partial charge in [0.25, 0.3) is 0 Å². The van der Waals surface area contributed by atoms with Crippen molar-refractivity contribution in [2.45, 2.75) is 23.9 Å². The number of carbonyl (C=O) groups excluding carboxylic acids is 1. The molecule has 13 heteroatoms. The van der Waals surface area contributed by atoms with Gasteiger partial charge in [-0.05, 0) is 53.9 Å². The van der Waals surface area contributed by atoms with Gasteiger partial charge in [-0.1, -0.05) is 36.9 Å². The van der Waals surface area contributed by atoms with Gasteiger partial charge in [-0.25, -0.2) is 22.2 Å². The van der Waals surface area contributed by atoms with E-state index >= 15 is 0 Å². The maximum Gasteiger partial charge on any atom is 0.243 e. The van der Waals surface area contributed by atoms with Gasteiger partial charge in [0.1, 0.15) is 12.0 Å². The number of benzene rings is 3. The standard InChI is InChI=1S/C30H29F2N7O3S/c1-19(35-29-15-25(37-38-29)16-30(40)36-24-4-2-3-22(31)14-24)27-10-7-21(13-28(27)34-18-33)20-5-8-26(9-6-20)43(41,42)39-12-11-23(32)17-39/h2-10,13-15,18,23H,1,11-12,16-17H2,(H2,33,34)(H,36,40)(H2,35,37,38)/t23-/m0/s1. The zero-order chi connectivity index (χ0) is 30.6. The summed E-state index contributed by atoms with van der Waals surface area (Å²) in [4.78, 5) is 16.7. The maximum atomic E-state index is 13.6. The van der Waals surface area contributed by atoms with E-state index in [2.05, 4.69) is 32.4 Å². The zero-order valence-electron chi connectivity index (χ0n) is 22.9. The minimum Gasteiger partial charge on any atom is -0.390 e. The number of nitrogens with zero attached hydrogens (tertiary/aromatic N) is 3. The highest BCUT2D eigenvalue weighted by molar-refractivity contribution is 7.89. The monoisotopic (exact) mass is 605 g/mol. The summed E-state index contributed by atoms with van der Waals surface area (Å²) in [7, 11) is -3.77. The van der Waals surface area contributed by atoms with E-state index in [4.69, 9.17) is 5.73 Å². The molecule has 5 rings (SSSR count). The van der Waals surface area contributed by atoms with Crippen LogP contribution < -0.4 is 16.4 Å². The van der Waals surface area contributed by atoms with Crippen LogP contribution in [0.4, 0.5) is 26.0 Å². The molecular formula is C30H29F2N7O3S. The highest BCUT2D eigenvalue weighted by Gasteiger charge is 2.32. The van der Waals surface area contributed by atoms with Crippen LogP contribution in [0.5, 0.6) is 0 Å². The normalized spacial score (nSPS) is 15.5. The Balaban J connectivity index is 1.27. The van der Waals surface area contributed by atoms with Crippen molar-refractivity contribution in [3.05, 3.63) is 96.4 Å². The van der Waals surface area contributed by atoms with Crippen molar-refractivity contribution in [2.75, 3.05) is 23.7 Å². The topological polar surface area (TPSA) is 146 Å². The molecule has 1 atom stereocenters. The fourth-order valence-electron chi connectivity index (χ4n) is 4.71. The Morgan fingerprint density at radius 3 is 2.58 bits per heavy atom. The van der Waals surface area contributed by atoms with Gasteiger partial charge in [0.05, 0.1) is 23.3 Å². The van der Waals surface area contributed by atoms with Gasteiger partial charge in [0.2, 0.25) is 15.9 Å². The minimum atomic E-state index is -3.77. The van der Waals surface area contributed by atoms with Gasteiger partial charge in [-0.15, -0.1) is 0 Å². The third-order valence-corrected chi connectivity index (χ3v) is 8.70. The van der Waals surface area contributed by atoms with E-state index in [1.165, 1.54) is 30.3 Å². The van der Waals surface area contributed by atoms with Crippen LogP contribution in [-0.4, -0.2) is 54.4 Å². The summed E-state index contributed by atoms with van der Waals surface area (Å²) in [6.45, 7) is 4.12. The van der Waals surface area contributed by atoms with E-state index in [0.29, 0.717) is 34.1 Å². The van der Waals surface area contributed by atoms with Gasteiger partial charge in [-0.3, -0.25) is 9.89 Å². The number of nitrogens with two attached hydrogens (primary N) is 1. The largest absolute Gasteiger partial charge is 0.390 e. The second-order valence-electron chi connectivity index (χ2n) is 9.90. The number of hydrogen-bond donors (Lipinski definition) is 4. The van der Waals surface area contributed by atoms with Crippen LogP contribution in [0.2, 0.25) is 0 Å². The molecule has 0 bridgehead atoms. The molecule has 1 aliphatic rings. The maximum absolute atomic E-state index is 13.6. The van der Waals surface area contributed by atoms with Gasteiger partial charge in [-0.2, -0.15) is 9.40 Å². The smallest absolute Gasteiger partial charge is 0.243 e. The number of anilines is 2. The van der Waals surface area contributed by atoms with Crippen LogP contribution in [0.15, 0.2) is 89.3 Å². The zero-order valence-corrected chi connectivity index (χ0v) is 23.7. The van der Waals surface area contributed by atoms with Crippen LogP contribution in [0.25, 0.3) is 16.8 Å². The first-order valence-corrected chi connectivity index (χ1v) is 14.8. The van der Waals surface area contributed by atoms with Crippen molar-refractivity contribution in [3.8, 4) is 11.1 Å². The fraction of sp³-hybridized carbons (Fsp3) is 0.167. The van der Waals surface area contributed by atoms with Crippen molar-refractivity contribution < 1.29 is 22.0 Å². The molecule has 1 aromatic heterocycles. The summed E-state index contributed by atoms with van der Waals surface area (Å²) in [6.07, 6.45) is 0.200. The Bertz CT molecular complexity index is 1790. The Hall–Kier alpha value is -4.88. The highest BCUT2D eigenvalue weighted by Crippen LogP contribution is 2.33. The molecule has 0 unspecified atom stereocenters. The fourth-order valence-corrected chi connectivity index (χ4v) is 6.19. The van der Waals surface area contributed by atoms with Gasteiger partial charge in [0.15, 0.2) is 5.82 Å². The number of carbonyl (C=O) groups is 1. The summed E-state index contributed by atoms with van der Waals surface area (Å²) in [6, 6.07) is 19.1. The third-order valence-electron chi connectivity index (χ3n) is 6.82. The van der Waals surface area contributed by atoms with Crippen molar-refractivity contribution in [2.24, 2.45) is 10.7 Å². The predicted octanol–water partition coefficient (Wildman–Crippen LogP) is 4.83. The van der Waals surface area contributed by atoms with Crippen molar-refractivity contribution >= 4 is 45.2 Å². The number of aromatic nitrogens is 2. The first kappa shape index (κ1) is 29.6. The molecule has 3 aromatic carbocycles. The molecule has 2 heterocycles.